The Bertz CT molecular complexity index is 577. The van der Waals surface area contributed by atoms with Crippen LogP contribution in [0.2, 0.25) is 0 Å². The Morgan fingerprint density at radius 3 is 2.71 bits per heavy atom. The summed E-state index contributed by atoms with van der Waals surface area (Å²) in [5, 5.41) is 5.92. The molecule has 0 bridgehead atoms. The van der Waals surface area contributed by atoms with E-state index in [2.05, 4.69) is 32.5 Å². The fraction of sp³-hybridized carbons (Fsp3) is 0.429. The molecule has 2 rings (SSSR count). The van der Waals surface area contributed by atoms with Crippen molar-refractivity contribution < 1.29 is 4.79 Å². The van der Waals surface area contributed by atoms with Crippen LogP contribution in [-0.4, -0.2) is 38.5 Å². The normalized spacial score (nSPS) is 10.4. The highest BCUT2D eigenvalue weighted by atomic mass is 16.1. The fourth-order valence-corrected chi connectivity index (χ4v) is 1.81. The second-order valence-electron chi connectivity index (χ2n) is 4.67. The van der Waals surface area contributed by atoms with Crippen molar-refractivity contribution in [2.45, 2.75) is 19.8 Å². The molecule has 2 N–H and O–H groups in total. The number of nitrogens with zero attached hydrogens (tertiary/aromatic N) is 4. The summed E-state index contributed by atoms with van der Waals surface area (Å²) in [6.07, 6.45) is 8.36. The van der Waals surface area contributed by atoms with Crippen molar-refractivity contribution in [3.63, 3.8) is 0 Å². The molecule has 2 aromatic heterocycles. The maximum absolute atomic E-state index is 11.9. The van der Waals surface area contributed by atoms with Crippen LogP contribution in [0, 0.1) is 0 Å². The SMILES string of the molecule is CCCNc1cnc(C(=O)NCCc2nccn2C)cn1. The number of aryl methyl sites for hydroxylation is 1. The first-order chi connectivity index (χ1) is 10.2. The summed E-state index contributed by atoms with van der Waals surface area (Å²) in [7, 11) is 1.93. The Labute approximate surface area is 123 Å². The molecule has 0 radical (unpaired) electrons. The van der Waals surface area contributed by atoms with Crippen LogP contribution in [0.1, 0.15) is 29.7 Å². The highest BCUT2D eigenvalue weighted by Crippen LogP contribution is 2.01. The van der Waals surface area contributed by atoms with E-state index in [0.29, 0.717) is 24.5 Å². The second-order valence-corrected chi connectivity index (χ2v) is 4.67. The number of nitrogens with one attached hydrogen (secondary N) is 2. The van der Waals surface area contributed by atoms with Gasteiger partial charge >= 0.3 is 0 Å². The lowest BCUT2D eigenvalue weighted by atomic mass is 10.3. The predicted octanol–water partition coefficient (Wildman–Crippen LogP) is 1.00. The van der Waals surface area contributed by atoms with Crippen LogP contribution in [-0.2, 0) is 13.5 Å². The molecule has 1 amide bonds. The van der Waals surface area contributed by atoms with Crippen LogP contribution < -0.4 is 10.6 Å². The molecule has 0 aliphatic carbocycles. The molecule has 0 unspecified atom stereocenters. The molecule has 21 heavy (non-hydrogen) atoms. The summed E-state index contributed by atoms with van der Waals surface area (Å²) in [6.45, 7) is 3.43. The summed E-state index contributed by atoms with van der Waals surface area (Å²) < 4.78 is 1.93. The molecule has 112 valence electrons. The minimum Gasteiger partial charge on any atom is -0.369 e. The van der Waals surface area contributed by atoms with Gasteiger partial charge in [0.1, 0.15) is 17.3 Å². The average Bonchev–Trinajstić information content (AvgIpc) is 2.91. The Balaban J connectivity index is 1.81. The number of hydrogen-bond donors (Lipinski definition) is 2. The van der Waals surface area contributed by atoms with Crippen molar-refractivity contribution in [1.82, 2.24) is 24.8 Å². The molecule has 0 fully saturated rings. The molecule has 0 spiro atoms. The number of anilines is 1. The largest absolute Gasteiger partial charge is 0.369 e. The Kier molecular flexibility index (Phi) is 5.25. The maximum atomic E-state index is 11.9. The Morgan fingerprint density at radius 2 is 2.10 bits per heavy atom. The van der Waals surface area contributed by atoms with Crippen molar-refractivity contribution in [3.8, 4) is 0 Å². The Hall–Kier alpha value is -2.44. The van der Waals surface area contributed by atoms with E-state index in [0.717, 1.165) is 18.8 Å². The molecule has 0 aromatic carbocycles. The van der Waals surface area contributed by atoms with Crippen molar-refractivity contribution >= 4 is 11.7 Å². The minimum absolute atomic E-state index is 0.223. The van der Waals surface area contributed by atoms with E-state index in [1.165, 1.54) is 6.20 Å². The number of carbonyl (C=O) groups excluding carboxylic acids is 1. The molecular formula is C14H20N6O. The standard InChI is InChI=1S/C14H20N6O/c1-3-5-15-12-10-18-11(9-19-12)14(21)17-6-4-13-16-7-8-20(13)2/h7-10H,3-6H2,1-2H3,(H,15,19)(H,17,21). The van der Waals surface area contributed by atoms with Crippen LogP contribution in [0.15, 0.2) is 24.8 Å². The van der Waals surface area contributed by atoms with Gasteiger partial charge in [0.05, 0.1) is 12.4 Å². The third-order valence-corrected chi connectivity index (χ3v) is 3.00. The van der Waals surface area contributed by atoms with E-state index in [4.69, 9.17) is 0 Å². The van der Waals surface area contributed by atoms with Crippen molar-refractivity contribution in [2.24, 2.45) is 7.05 Å². The minimum atomic E-state index is -0.223. The molecule has 7 heteroatoms. The van der Waals surface area contributed by atoms with Crippen LogP contribution in [0.3, 0.4) is 0 Å². The van der Waals surface area contributed by atoms with Crippen LogP contribution in [0.5, 0.6) is 0 Å². The average molecular weight is 288 g/mol. The lowest BCUT2D eigenvalue weighted by molar-refractivity contribution is 0.0948. The van der Waals surface area contributed by atoms with Gasteiger partial charge in [-0.15, -0.1) is 0 Å². The molecule has 0 aliphatic rings. The van der Waals surface area contributed by atoms with Gasteiger partial charge < -0.3 is 15.2 Å². The van der Waals surface area contributed by atoms with Crippen molar-refractivity contribution in [3.05, 3.63) is 36.3 Å². The monoisotopic (exact) mass is 288 g/mol. The molecule has 2 aromatic rings. The first-order valence-electron chi connectivity index (χ1n) is 7.01. The zero-order chi connectivity index (χ0) is 15.1. The second kappa shape index (κ2) is 7.37. The van der Waals surface area contributed by atoms with E-state index in [1.807, 2.05) is 17.8 Å². The van der Waals surface area contributed by atoms with Crippen LogP contribution in [0.25, 0.3) is 0 Å². The Morgan fingerprint density at radius 1 is 1.24 bits per heavy atom. The summed E-state index contributed by atoms with van der Waals surface area (Å²) in [4.78, 5) is 24.4. The van der Waals surface area contributed by atoms with Crippen molar-refractivity contribution in [2.75, 3.05) is 18.4 Å². The lowest BCUT2D eigenvalue weighted by Crippen LogP contribution is -2.27. The van der Waals surface area contributed by atoms with Gasteiger partial charge in [-0.05, 0) is 6.42 Å². The van der Waals surface area contributed by atoms with Gasteiger partial charge in [0.15, 0.2) is 0 Å². The quantitative estimate of drug-likeness (QED) is 0.794. The zero-order valence-electron chi connectivity index (χ0n) is 12.3. The summed E-state index contributed by atoms with van der Waals surface area (Å²) in [5.41, 5.74) is 0.317. The van der Waals surface area contributed by atoms with E-state index in [9.17, 15) is 4.79 Å². The predicted molar refractivity (Wildman–Crippen MR) is 80.1 cm³/mol. The first-order valence-corrected chi connectivity index (χ1v) is 7.01. The summed E-state index contributed by atoms with van der Waals surface area (Å²) >= 11 is 0. The zero-order valence-corrected chi connectivity index (χ0v) is 12.3. The third kappa shape index (κ3) is 4.27. The van der Waals surface area contributed by atoms with Gasteiger partial charge in [0, 0.05) is 39.0 Å². The van der Waals surface area contributed by atoms with Gasteiger partial charge in [-0.2, -0.15) is 0 Å². The number of hydrogen-bond acceptors (Lipinski definition) is 5. The van der Waals surface area contributed by atoms with E-state index in [-0.39, 0.29) is 5.91 Å². The van der Waals surface area contributed by atoms with Gasteiger partial charge in [0.25, 0.3) is 5.91 Å². The van der Waals surface area contributed by atoms with Gasteiger partial charge in [-0.25, -0.2) is 15.0 Å². The highest BCUT2D eigenvalue weighted by Gasteiger charge is 2.08. The van der Waals surface area contributed by atoms with E-state index < -0.39 is 0 Å². The molecule has 0 aliphatic heterocycles. The maximum Gasteiger partial charge on any atom is 0.271 e. The molecule has 0 saturated heterocycles. The molecule has 0 atom stereocenters. The van der Waals surface area contributed by atoms with Crippen LogP contribution in [0.4, 0.5) is 5.82 Å². The summed E-state index contributed by atoms with van der Waals surface area (Å²) in [5.74, 6) is 1.39. The molecular weight excluding hydrogens is 268 g/mol. The van der Waals surface area contributed by atoms with E-state index in [1.54, 1.807) is 12.4 Å². The first kappa shape index (κ1) is 15.0. The van der Waals surface area contributed by atoms with E-state index >= 15 is 0 Å². The van der Waals surface area contributed by atoms with Gasteiger partial charge in [-0.1, -0.05) is 6.92 Å². The topological polar surface area (TPSA) is 84.7 Å². The van der Waals surface area contributed by atoms with Crippen LogP contribution >= 0.6 is 0 Å². The highest BCUT2D eigenvalue weighted by molar-refractivity contribution is 5.91. The fourth-order valence-electron chi connectivity index (χ4n) is 1.81. The van der Waals surface area contributed by atoms with Gasteiger partial charge in [-0.3, -0.25) is 4.79 Å². The molecule has 7 nitrogen and oxygen atoms in total. The smallest absolute Gasteiger partial charge is 0.271 e. The number of rotatable bonds is 7. The number of amides is 1. The number of aromatic nitrogens is 4. The summed E-state index contributed by atoms with van der Waals surface area (Å²) in [6, 6.07) is 0. The lowest BCUT2D eigenvalue weighted by Gasteiger charge is -2.06. The molecule has 0 saturated carbocycles. The van der Waals surface area contributed by atoms with Crippen molar-refractivity contribution in [1.29, 1.82) is 0 Å². The molecule has 2 heterocycles. The number of imidazole rings is 1. The third-order valence-electron chi connectivity index (χ3n) is 3.00. The number of carbonyl (C=O) groups is 1. The van der Waals surface area contributed by atoms with Gasteiger partial charge in [0.2, 0.25) is 0 Å².